The summed E-state index contributed by atoms with van der Waals surface area (Å²) in [7, 11) is 0. The van der Waals surface area contributed by atoms with Crippen molar-refractivity contribution in [3.8, 4) is 11.4 Å². The molecule has 2 saturated heterocycles. The molecule has 0 spiro atoms. The Morgan fingerprint density at radius 1 is 1.11 bits per heavy atom. The monoisotopic (exact) mass is 504 g/mol. The number of morpholine rings is 1. The van der Waals surface area contributed by atoms with E-state index in [4.69, 9.17) is 10.5 Å². The zero-order chi connectivity index (χ0) is 25.4. The molecule has 2 aliphatic rings. The number of halogens is 3. The van der Waals surface area contributed by atoms with Gasteiger partial charge in [-0.3, -0.25) is 4.79 Å². The number of nitrogens with two attached hydrogens (primary N) is 1. The second-order valence-electron chi connectivity index (χ2n) is 8.80. The van der Waals surface area contributed by atoms with E-state index in [1.807, 2.05) is 4.90 Å². The molecule has 0 unspecified atom stereocenters. The van der Waals surface area contributed by atoms with Crippen LogP contribution in [0.5, 0.6) is 0 Å². The number of nitrogens with zero attached hydrogens (tertiary/aromatic N) is 7. The van der Waals surface area contributed by atoms with E-state index >= 15 is 0 Å². The molecule has 192 valence electrons. The third-order valence-corrected chi connectivity index (χ3v) is 6.58. The quantitative estimate of drug-likeness (QED) is 0.576. The highest BCUT2D eigenvalue weighted by Crippen LogP contribution is 2.37. The Balaban J connectivity index is 1.59. The number of anilines is 2. The highest BCUT2D eigenvalue weighted by Gasteiger charge is 2.36. The van der Waals surface area contributed by atoms with E-state index in [9.17, 15) is 18.0 Å². The van der Waals surface area contributed by atoms with E-state index in [1.54, 1.807) is 17.2 Å². The molecule has 0 aliphatic carbocycles. The zero-order valence-electron chi connectivity index (χ0n) is 19.8. The molecule has 0 atom stereocenters. The van der Waals surface area contributed by atoms with Crippen LogP contribution in [0.25, 0.3) is 16.9 Å². The first-order chi connectivity index (χ1) is 17.2. The van der Waals surface area contributed by atoms with Crippen molar-refractivity contribution in [1.29, 1.82) is 0 Å². The molecule has 2 fully saturated rings. The third kappa shape index (κ3) is 4.67. The lowest BCUT2D eigenvalue weighted by Crippen LogP contribution is -2.48. The van der Waals surface area contributed by atoms with Gasteiger partial charge in [0.15, 0.2) is 11.6 Å². The predicted molar refractivity (Wildman–Crippen MR) is 127 cm³/mol. The number of fused-ring (bicyclic) bond motifs is 1. The molecule has 0 bridgehead atoms. The summed E-state index contributed by atoms with van der Waals surface area (Å²) in [5.74, 6) is -0.119. The highest BCUT2D eigenvalue weighted by molar-refractivity contribution is 5.96. The average Bonchev–Trinajstić information content (AvgIpc) is 3.32. The summed E-state index contributed by atoms with van der Waals surface area (Å²) in [4.78, 5) is 27.6. The Kier molecular flexibility index (Phi) is 6.43. The maximum Gasteiger partial charge on any atom is 0.417 e. The first kappa shape index (κ1) is 24.3. The van der Waals surface area contributed by atoms with Gasteiger partial charge in [-0.05, 0) is 18.7 Å². The number of carbonyl (C=O) groups excluding carboxylic acids is 1. The van der Waals surface area contributed by atoms with Gasteiger partial charge in [-0.1, -0.05) is 6.92 Å². The first-order valence-electron chi connectivity index (χ1n) is 11.8. The van der Waals surface area contributed by atoms with Crippen molar-refractivity contribution >= 4 is 23.1 Å². The number of hydrogen-bond donors (Lipinski definition) is 1. The molecule has 0 saturated carbocycles. The van der Waals surface area contributed by atoms with Gasteiger partial charge in [-0.15, -0.1) is 5.10 Å². The Labute approximate surface area is 205 Å². The summed E-state index contributed by atoms with van der Waals surface area (Å²) in [6, 6.07) is 2.48. The molecular weight excluding hydrogens is 477 g/mol. The number of rotatable bonds is 4. The maximum atomic E-state index is 13.8. The Bertz CT molecular complexity index is 1260. The SMILES string of the molecule is CCN1CCN(C(=O)c2cc3c(N4CCOCC4)nc(-c4cnc(N)cc4C(F)(F)F)nn3c2)CC1. The molecule has 3 aromatic heterocycles. The summed E-state index contributed by atoms with van der Waals surface area (Å²) in [5.41, 5.74) is 5.23. The molecule has 2 aliphatic heterocycles. The smallest absolute Gasteiger partial charge is 0.384 e. The number of hydrogen-bond acceptors (Lipinski definition) is 8. The van der Waals surface area contributed by atoms with Crippen molar-refractivity contribution in [3.05, 3.63) is 35.7 Å². The van der Waals surface area contributed by atoms with Crippen LogP contribution in [0.3, 0.4) is 0 Å². The largest absolute Gasteiger partial charge is 0.417 e. The number of alkyl halides is 3. The van der Waals surface area contributed by atoms with Crippen LogP contribution in [0, 0.1) is 0 Å². The molecule has 13 heteroatoms. The van der Waals surface area contributed by atoms with Crippen LogP contribution in [-0.4, -0.2) is 94.3 Å². The summed E-state index contributed by atoms with van der Waals surface area (Å²) in [5, 5.41) is 4.37. The van der Waals surface area contributed by atoms with Gasteiger partial charge in [0.1, 0.15) is 11.3 Å². The molecule has 5 heterocycles. The minimum Gasteiger partial charge on any atom is -0.384 e. The van der Waals surface area contributed by atoms with Crippen molar-refractivity contribution in [2.24, 2.45) is 0 Å². The summed E-state index contributed by atoms with van der Waals surface area (Å²) < 4.78 is 48.3. The standard InChI is InChI=1S/C23H27F3N8O2/c1-2-31-3-5-33(6-4-31)22(35)15-11-18-21(32-7-9-36-10-8-32)29-20(30-34(18)14-15)16-13-28-19(27)12-17(16)23(24,25)26/h11-14H,2-10H2,1H3,(H2,27,28). The van der Waals surface area contributed by atoms with Crippen molar-refractivity contribution < 1.29 is 22.7 Å². The Hall–Kier alpha value is -3.45. The van der Waals surface area contributed by atoms with Gasteiger partial charge in [0.05, 0.1) is 29.9 Å². The molecule has 0 aromatic carbocycles. The molecule has 0 radical (unpaired) electrons. The second kappa shape index (κ2) is 9.54. The minimum absolute atomic E-state index is 0.143. The van der Waals surface area contributed by atoms with Crippen molar-refractivity contribution in [3.63, 3.8) is 0 Å². The van der Waals surface area contributed by atoms with Crippen LogP contribution in [0.15, 0.2) is 24.5 Å². The van der Waals surface area contributed by atoms with E-state index < -0.39 is 11.7 Å². The number of piperazine rings is 1. The van der Waals surface area contributed by atoms with Crippen LogP contribution in [0.2, 0.25) is 0 Å². The number of ether oxygens (including phenoxy) is 1. The lowest BCUT2D eigenvalue weighted by molar-refractivity contribution is -0.137. The molecule has 1 amide bonds. The van der Waals surface area contributed by atoms with Crippen LogP contribution >= 0.6 is 0 Å². The van der Waals surface area contributed by atoms with Crippen LogP contribution in [0.4, 0.5) is 24.8 Å². The fourth-order valence-electron chi connectivity index (χ4n) is 4.56. The second-order valence-corrected chi connectivity index (χ2v) is 8.80. The van der Waals surface area contributed by atoms with Crippen LogP contribution in [-0.2, 0) is 10.9 Å². The fraction of sp³-hybridized carbons (Fsp3) is 0.478. The van der Waals surface area contributed by atoms with E-state index in [2.05, 4.69) is 26.9 Å². The molecule has 2 N–H and O–H groups in total. The summed E-state index contributed by atoms with van der Waals surface area (Å²) >= 11 is 0. The maximum absolute atomic E-state index is 13.8. The van der Waals surface area contributed by atoms with Crippen molar-refractivity contribution in [1.82, 2.24) is 29.4 Å². The average molecular weight is 505 g/mol. The number of likely N-dealkylation sites (N-methyl/N-ethyl adjacent to an activating group) is 1. The number of nitrogen functional groups attached to an aromatic ring is 1. The van der Waals surface area contributed by atoms with Gasteiger partial charge in [0.25, 0.3) is 5.91 Å². The van der Waals surface area contributed by atoms with Crippen molar-refractivity contribution in [2.45, 2.75) is 13.1 Å². The van der Waals surface area contributed by atoms with E-state index in [-0.39, 0.29) is 23.1 Å². The Morgan fingerprint density at radius 3 is 2.50 bits per heavy atom. The summed E-state index contributed by atoms with van der Waals surface area (Å²) in [6.07, 6.45) is -2.09. The predicted octanol–water partition coefficient (Wildman–Crippen LogP) is 2.01. The third-order valence-electron chi connectivity index (χ3n) is 6.58. The molecular formula is C23H27F3N8O2. The number of aromatic nitrogens is 4. The van der Waals surface area contributed by atoms with Gasteiger partial charge >= 0.3 is 6.18 Å². The van der Waals surface area contributed by atoms with Crippen molar-refractivity contribution in [2.75, 3.05) is 69.7 Å². The molecule has 3 aromatic rings. The van der Waals surface area contributed by atoms with E-state index in [0.717, 1.165) is 31.9 Å². The lowest BCUT2D eigenvalue weighted by Gasteiger charge is -2.33. The van der Waals surface area contributed by atoms with Gasteiger partial charge in [0.2, 0.25) is 0 Å². The van der Waals surface area contributed by atoms with Crippen LogP contribution < -0.4 is 10.6 Å². The van der Waals surface area contributed by atoms with E-state index in [0.29, 0.717) is 56.3 Å². The van der Waals surface area contributed by atoms with E-state index in [1.165, 1.54) is 4.52 Å². The van der Waals surface area contributed by atoms with Gasteiger partial charge in [0, 0.05) is 51.7 Å². The number of amides is 1. The highest BCUT2D eigenvalue weighted by atomic mass is 19.4. The van der Waals surface area contributed by atoms with Crippen LogP contribution in [0.1, 0.15) is 22.8 Å². The number of carbonyl (C=O) groups is 1. The fourth-order valence-corrected chi connectivity index (χ4v) is 4.56. The van der Waals surface area contributed by atoms with Gasteiger partial charge in [-0.2, -0.15) is 13.2 Å². The minimum atomic E-state index is -4.68. The normalized spacial score (nSPS) is 17.7. The van der Waals surface area contributed by atoms with Gasteiger partial charge in [-0.25, -0.2) is 14.5 Å². The first-order valence-corrected chi connectivity index (χ1v) is 11.8. The Morgan fingerprint density at radius 2 is 1.83 bits per heavy atom. The molecule has 5 rings (SSSR count). The molecule has 10 nitrogen and oxygen atoms in total. The zero-order valence-corrected chi connectivity index (χ0v) is 19.8. The number of pyridine rings is 1. The summed E-state index contributed by atoms with van der Waals surface area (Å²) in [6.45, 7) is 7.75. The molecule has 36 heavy (non-hydrogen) atoms. The van der Waals surface area contributed by atoms with Gasteiger partial charge < -0.3 is 25.2 Å². The lowest BCUT2D eigenvalue weighted by atomic mass is 10.1. The topological polar surface area (TPSA) is 105 Å².